The highest BCUT2D eigenvalue weighted by molar-refractivity contribution is 6.30. The van der Waals surface area contributed by atoms with E-state index in [2.05, 4.69) is 0 Å². The van der Waals surface area contributed by atoms with Crippen LogP contribution in [0.3, 0.4) is 0 Å². The molecule has 2 rings (SSSR count). The van der Waals surface area contributed by atoms with Crippen LogP contribution in [0.1, 0.15) is 18.4 Å². The van der Waals surface area contributed by atoms with Crippen molar-refractivity contribution in [3.8, 4) is 0 Å². The molecule has 1 heterocycles. The van der Waals surface area contributed by atoms with Crippen LogP contribution in [0.15, 0.2) is 24.3 Å². The van der Waals surface area contributed by atoms with Gasteiger partial charge in [0.1, 0.15) is 0 Å². The largest absolute Gasteiger partial charge is 0.381 e. The van der Waals surface area contributed by atoms with Gasteiger partial charge in [-0.3, -0.25) is 4.79 Å². The van der Waals surface area contributed by atoms with Crippen molar-refractivity contribution in [1.29, 1.82) is 0 Å². The first-order valence-corrected chi connectivity index (χ1v) is 7.28. The summed E-state index contributed by atoms with van der Waals surface area (Å²) in [5.74, 6) is 0.204. The molecule has 1 aliphatic heterocycles. The molecule has 21 heavy (non-hydrogen) atoms. The van der Waals surface area contributed by atoms with Gasteiger partial charge in [-0.15, -0.1) is 12.4 Å². The number of rotatable bonds is 4. The fraction of sp³-hybridized carbons (Fsp3) is 0.533. The third-order valence-electron chi connectivity index (χ3n) is 3.74. The second kappa shape index (κ2) is 8.59. The van der Waals surface area contributed by atoms with Gasteiger partial charge in [0.2, 0.25) is 5.91 Å². The Labute approximate surface area is 137 Å². The lowest BCUT2D eigenvalue weighted by atomic mass is 9.91. The lowest BCUT2D eigenvalue weighted by Gasteiger charge is -2.29. The molecule has 1 aromatic carbocycles. The molecule has 1 aromatic rings. The van der Waals surface area contributed by atoms with Crippen LogP contribution >= 0.6 is 24.0 Å². The molecule has 1 unspecified atom stereocenters. The molecule has 4 nitrogen and oxygen atoms in total. The minimum Gasteiger partial charge on any atom is -0.381 e. The molecule has 118 valence electrons. The maximum absolute atomic E-state index is 12.4. The molecular formula is C15H22Cl2N2O2. The van der Waals surface area contributed by atoms with Gasteiger partial charge in [-0.05, 0) is 36.5 Å². The van der Waals surface area contributed by atoms with Gasteiger partial charge in [-0.1, -0.05) is 23.7 Å². The molecule has 0 bridgehead atoms. The van der Waals surface area contributed by atoms with Crippen molar-refractivity contribution in [3.05, 3.63) is 34.9 Å². The minimum absolute atomic E-state index is 0. The van der Waals surface area contributed by atoms with Gasteiger partial charge >= 0.3 is 0 Å². The van der Waals surface area contributed by atoms with Crippen molar-refractivity contribution < 1.29 is 9.53 Å². The molecule has 6 heteroatoms. The molecule has 1 aliphatic rings. The van der Waals surface area contributed by atoms with E-state index in [1.54, 1.807) is 11.9 Å². The van der Waals surface area contributed by atoms with Gasteiger partial charge in [-0.2, -0.15) is 0 Å². The average molecular weight is 333 g/mol. The summed E-state index contributed by atoms with van der Waals surface area (Å²) in [6.45, 7) is 1.92. The Morgan fingerprint density at radius 2 is 2.14 bits per heavy atom. The highest BCUT2D eigenvalue weighted by Gasteiger charge is 2.28. The van der Waals surface area contributed by atoms with Crippen LogP contribution < -0.4 is 5.73 Å². The van der Waals surface area contributed by atoms with Gasteiger partial charge < -0.3 is 15.4 Å². The van der Waals surface area contributed by atoms with E-state index in [1.165, 1.54) is 0 Å². The highest BCUT2D eigenvalue weighted by Crippen LogP contribution is 2.19. The van der Waals surface area contributed by atoms with Gasteiger partial charge in [0.25, 0.3) is 0 Å². The number of halogens is 2. The Balaban J connectivity index is 0.00000220. The van der Waals surface area contributed by atoms with Crippen LogP contribution in [0.4, 0.5) is 0 Å². The normalized spacial score (nSPS) is 16.9. The molecular weight excluding hydrogens is 311 g/mol. The summed E-state index contributed by atoms with van der Waals surface area (Å²) in [6.07, 6.45) is 1.72. The van der Waals surface area contributed by atoms with Crippen LogP contribution in [0.5, 0.6) is 0 Å². The van der Waals surface area contributed by atoms with E-state index in [-0.39, 0.29) is 24.2 Å². The van der Waals surface area contributed by atoms with E-state index in [9.17, 15) is 4.79 Å². The Bertz CT molecular complexity index is 465. The first-order chi connectivity index (χ1) is 9.58. The molecule has 2 N–H and O–H groups in total. The number of benzene rings is 1. The topological polar surface area (TPSA) is 55.6 Å². The summed E-state index contributed by atoms with van der Waals surface area (Å²) in [4.78, 5) is 14.0. The molecule has 0 saturated carbocycles. The van der Waals surface area contributed by atoms with E-state index in [4.69, 9.17) is 22.1 Å². The van der Waals surface area contributed by atoms with Gasteiger partial charge in [0.15, 0.2) is 0 Å². The Morgan fingerprint density at radius 1 is 1.48 bits per heavy atom. The third-order valence-corrected chi connectivity index (χ3v) is 3.98. The summed E-state index contributed by atoms with van der Waals surface area (Å²) >= 11 is 5.95. The molecule has 0 aromatic heterocycles. The summed E-state index contributed by atoms with van der Waals surface area (Å²) < 4.78 is 5.30. The second-order valence-corrected chi connectivity index (χ2v) is 5.74. The molecule has 0 radical (unpaired) electrons. The van der Waals surface area contributed by atoms with Crippen molar-refractivity contribution in [3.63, 3.8) is 0 Å². The summed E-state index contributed by atoms with van der Waals surface area (Å²) in [5.41, 5.74) is 7.11. The van der Waals surface area contributed by atoms with Crippen LogP contribution in [0.25, 0.3) is 0 Å². The zero-order valence-corrected chi connectivity index (χ0v) is 13.7. The number of nitrogens with two attached hydrogens (primary N) is 1. The predicted octanol–water partition coefficient (Wildman–Crippen LogP) is 2.47. The quantitative estimate of drug-likeness (QED) is 0.921. The number of nitrogens with zero attached hydrogens (tertiary/aromatic N) is 1. The standard InChI is InChI=1S/C15H21ClN2O2.ClH/c1-18(10-11-3-2-4-13(16)9-11)15(19)14(17)12-5-7-20-8-6-12;/h2-4,9,12,14H,5-8,10,17H2,1H3;1H. The Morgan fingerprint density at radius 3 is 2.76 bits per heavy atom. The first kappa shape index (κ1) is 18.2. The summed E-state index contributed by atoms with van der Waals surface area (Å²) in [5, 5.41) is 0.678. The number of likely N-dealkylation sites (N-methyl/N-ethyl adjacent to an activating group) is 1. The number of ether oxygens (including phenoxy) is 1. The van der Waals surface area contributed by atoms with E-state index in [0.717, 1.165) is 18.4 Å². The maximum Gasteiger partial charge on any atom is 0.239 e. The number of amides is 1. The lowest BCUT2D eigenvalue weighted by molar-refractivity contribution is -0.133. The van der Waals surface area contributed by atoms with Crippen LogP contribution in [0.2, 0.25) is 5.02 Å². The number of hydrogen-bond acceptors (Lipinski definition) is 3. The fourth-order valence-electron chi connectivity index (χ4n) is 2.52. The first-order valence-electron chi connectivity index (χ1n) is 6.90. The average Bonchev–Trinajstić information content (AvgIpc) is 2.46. The van der Waals surface area contributed by atoms with Gasteiger partial charge in [0, 0.05) is 31.8 Å². The Hall–Kier alpha value is -0.810. The predicted molar refractivity (Wildman–Crippen MR) is 86.7 cm³/mol. The van der Waals surface area contributed by atoms with Gasteiger partial charge in [-0.25, -0.2) is 0 Å². The van der Waals surface area contributed by atoms with Crippen LogP contribution in [0, 0.1) is 5.92 Å². The van der Waals surface area contributed by atoms with Crippen LogP contribution in [-0.2, 0) is 16.1 Å². The molecule has 1 atom stereocenters. The Kier molecular flexibility index (Phi) is 7.46. The van der Waals surface area contributed by atoms with Crippen molar-refractivity contribution in [1.82, 2.24) is 4.90 Å². The maximum atomic E-state index is 12.4. The van der Waals surface area contributed by atoms with E-state index < -0.39 is 6.04 Å². The zero-order chi connectivity index (χ0) is 14.5. The molecule has 0 spiro atoms. The van der Waals surface area contributed by atoms with Gasteiger partial charge in [0.05, 0.1) is 6.04 Å². The fourth-order valence-corrected chi connectivity index (χ4v) is 2.73. The zero-order valence-electron chi connectivity index (χ0n) is 12.1. The van der Waals surface area contributed by atoms with Crippen LogP contribution in [-0.4, -0.2) is 37.1 Å². The van der Waals surface area contributed by atoms with E-state index >= 15 is 0 Å². The summed E-state index contributed by atoms with van der Waals surface area (Å²) in [7, 11) is 1.78. The number of hydrogen-bond donors (Lipinski definition) is 1. The second-order valence-electron chi connectivity index (χ2n) is 5.30. The van der Waals surface area contributed by atoms with Crippen molar-refractivity contribution >= 4 is 29.9 Å². The SMILES string of the molecule is CN(Cc1cccc(Cl)c1)C(=O)C(N)C1CCOCC1.Cl. The molecule has 1 fully saturated rings. The number of carbonyl (C=O) groups excluding carboxylic acids is 1. The lowest BCUT2D eigenvalue weighted by Crippen LogP contribution is -2.47. The van der Waals surface area contributed by atoms with Crippen molar-refractivity contribution in [2.24, 2.45) is 11.7 Å². The molecule has 1 saturated heterocycles. The van der Waals surface area contributed by atoms with Crippen molar-refractivity contribution in [2.45, 2.75) is 25.4 Å². The summed E-state index contributed by atoms with van der Waals surface area (Å²) in [6, 6.07) is 7.08. The number of carbonyl (C=O) groups is 1. The van der Waals surface area contributed by atoms with E-state index in [0.29, 0.717) is 24.8 Å². The third kappa shape index (κ3) is 5.15. The molecule has 0 aliphatic carbocycles. The minimum atomic E-state index is -0.442. The molecule has 1 amide bonds. The van der Waals surface area contributed by atoms with Crippen molar-refractivity contribution in [2.75, 3.05) is 20.3 Å². The van der Waals surface area contributed by atoms with E-state index in [1.807, 2.05) is 24.3 Å². The highest BCUT2D eigenvalue weighted by atomic mass is 35.5. The smallest absolute Gasteiger partial charge is 0.239 e. The monoisotopic (exact) mass is 332 g/mol.